The summed E-state index contributed by atoms with van der Waals surface area (Å²) in [4.78, 5) is 15.0. The molecule has 0 aliphatic carbocycles. The van der Waals surface area contributed by atoms with E-state index in [0.29, 0.717) is 29.6 Å². The summed E-state index contributed by atoms with van der Waals surface area (Å²) in [6.07, 6.45) is 1.64. The van der Waals surface area contributed by atoms with Gasteiger partial charge in [0.05, 0.1) is 5.56 Å². The minimum atomic E-state index is -0.315. The molecular formula is C21H20FNO3. The summed E-state index contributed by atoms with van der Waals surface area (Å²) >= 11 is 0. The van der Waals surface area contributed by atoms with Crippen molar-refractivity contribution in [1.29, 1.82) is 0 Å². The first-order chi connectivity index (χ1) is 12.4. The summed E-state index contributed by atoms with van der Waals surface area (Å²) < 4.78 is 24.8. The van der Waals surface area contributed by atoms with E-state index >= 15 is 0 Å². The second-order valence-corrected chi connectivity index (χ2v) is 6.97. The van der Waals surface area contributed by atoms with Crippen LogP contribution in [0, 0.1) is 12.7 Å². The van der Waals surface area contributed by atoms with Gasteiger partial charge in [0.25, 0.3) is 0 Å². The van der Waals surface area contributed by atoms with Crippen LogP contribution in [0.4, 0.5) is 4.39 Å². The van der Waals surface area contributed by atoms with Crippen LogP contribution in [0.3, 0.4) is 0 Å². The molecule has 4 rings (SSSR count). The molecule has 0 amide bonds. The Balaban J connectivity index is 1.71. The summed E-state index contributed by atoms with van der Waals surface area (Å²) in [5.74, 6) is 1.13. The fraction of sp³-hybridized carbons (Fsp3) is 0.286. The number of allylic oxidation sites excluding steroid dienone is 1. The summed E-state index contributed by atoms with van der Waals surface area (Å²) in [6, 6.07) is 8.18. The predicted molar refractivity (Wildman–Crippen MR) is 96.7 cm³/mol. The summed E-state index contributed by atoms with van der Waals surface area (Å²) in [7, 11) is 0. The second kappa shape index (κ2) is 6.25. The van der Waals surface area contributed by atoms with Crippen molar-refractivity contribution in [1.82, 2.24) is 4.90 Å². The van der Waals surface area contributed by atoms with E-state index in [2.05, 4.69) is 18.7 Å². The van der Waals surface area contributed by atoms with E-state index in [1.807, 2.05) is 13.0 Å². The van der Waals surface area contributed by atoms with E-state index in [-0.39, 0.29) is 17.4 Å². The van der Waals surface area contributed by atoms with Crippen molar-refractivity contribution in [2.24, 2.45) is 0 Å². The number of Topliss-reactive ketones (excluding diaryl/α,β-unsaturated/α-hetero) is 1. The number of carbonyl (C=O) groups excluding carboxylic acids is 1. The zero-order valence-corrected chi connectivity index (χ0v) is 15.0. The van der Waals surface area contributed by atoms with Gasteiger partial charge in [-0.1, -0.05) is 12.1 Å². The van der Waals surface area contributed by atoms with Gasteiger partial charge in [0.1, 0.15) is 24.0 Å². The molecule has 0 atom stereocenters. The number of hydrogen-bond acceptors (Lipinski definition) is 4. The van der Waals surface area contributed by atoms with Gasteiger partial charge in [-0.25, -0.2) is 4.39 Å². The molecule has 2 aromatic carbocycles. The Kier molecular flexibility index (Phi) is 4.04. The first kappa shape index (κ1) is 16.8. The van der Waals surface area contributed by atoms with Crippen molar-refractivity contribution in [3.05, 3.63) is 64.2 Å². The van der Waals surface area contributed by atoms with E-state index in [9.17, 15) is 9.18 Å². The number of halogens is 1. The Labute approximate surface area is 151 Å². The highest BCUT2D eigenvalue weighted by molar-refractivity contribution is 6.15. The van der Waals surface area contributed by atoms with Crippen molar-refractivity contribution < 1.29 is 18.7 Å². The largest absolute Gasteiger partial charge is 0.477 e. The van der Waals surface area contributed by atoms with E-state index < -0.39 is 0 Å². The highest BCUT2D eigenvalue weighted by Gasteiger charge is 2.33. The SMILES string of the molecule is Cc1c2c(cc3c1O/C(=C\c1ccc(F)cc1)C3=O)CN(C(C)C)CO2. The van der Waals surface area contributed by atoms with Crippen molar-refractivity contribution in [3.63, 3.8) is 0 Å². The highest BCUT2D eigenvalue weighted by atomic mass is 19.1. The van der Waals surface area contributed by atoms with E-state index in [4.69, 9.17) is 9.47 Å². The van der Waals surface area contributed by atoms with Crippen LogP contribution in [0.1, 0.15) is 40.9 Å². The predicted octanol–water partition coefficient (Wildman–Crippen LogP) is 4.31. The number of ketones is 1. The molecule has 5 heteroatoms. The normalized spacial score (nSPS) is 17.9. The van der Waals surface area contributed by atoms with Gasteiger partial charge in [-0.15, -0.1) is 0 Å². The Morgan fingerprint density at radius 3 is 2.62 bits per heavy atom. The van der Waals surface area contributed by atoms with Crippen LogP contribution in [0.25, 0.3) is 6.08 Å². The molecule has 2 heterocycles. The standard InChI is InChI=1S/C21H20FNO3/c1-12(2)23-10-15-9-17-19(24)18(8-14-4-6-16(22)7-5-14)26-21(17)13(3)20(15)25-11-23/h4-9,12H,10-11H2,1-3H3/b18-8-. The van der Waals surface area contributed by atoms with Gasteiger partial charge in [-0.2, -0.15) is 0 Å². The third-order valence-electron chi connectivity index (χ3n) is 4.86. The van der Waals surface area contributed by atoms with Gasteiger partial charge < -0.3 is 9.47 Å². The average molecular weight is 353 g/mol. The van der Waals surface area contributed by atoms with Crippen LogP contribution in [-0.2, 0) is 6.54 Å². The van der Waals surface area contributed by atoms with Crippen LogP contribution >= 0.6 is 0 Å². The molecule has 0 saturated carbocycles. The smallest absolute Gasteiger partial charge is 0.231 e. The second-order valence-electron chi connectivity index (χ2n) is 6.97. The first-order valence-corrected chi connectivity index (χ1v) is 8.67. The van der Waals surface area contributed by atoms with Gasteiger partial charge in [0.2, 0.25) is 5.78 Å². The number of hydrogen-bond donors (Lipinski definition) is 0. The van der Waals surface area contributed by atoms with E-state index in [1.54, 1.807) is 18.2 Å². The van der Waals surface area contributed by atoms with Gasteiger partial charge in [-0.05, 0) is 50.6 Å². The molecule has 4 nitrogen and oxygen atoms in total. The topological polar surface area (TPSA) is 38.8 Å². The number of carbonyl (C=O) groups is 1. The van der Waals surface area contributed by atoms with Crippen LogP contribution in [0.5, 0.6) is 11.5 Å². The lowest BCUT2D eigenvalue weighted by Crippen LogP contribution is -2.37. The van der Waals surface area contributed by atoms with Gasteiger partial charge in [0, 0.05) is 23.7 Å². The first-order valence-electron chi connectivity index (χ1n) is 8.67. The molecule has 0 aromatic heterocycles. The molecule has 134 valence electrons. The zero-order valence-electron chi connectivity index (χ0n) is 15.0. The molecule has 0 saturated heterocycles. The quantitative estimate of drug-likeness (QED) is 0.754. The fourth-order valence-electron chi connectivity index (χ4n) is 3.31. The highest BCUT2D eigenvalue weighted by Crippen LogP contribution is 2.43. The summed E-state index contributed by atoms with van der Waals surface area (Å²) in [5.41, 5.74) is 3.12. The minimum absolute atomic E-state index is 0.156. The lowest BCUT2D eigenvalue weighted by atomic mass is 9.99. The van der Waals surface area contributed by atoms with Crippen LogP contribution in [-0.4, -0.2) is 23.5 Å². The van der Waals surface area contributed by atoms with Crippen molar-refractivity contribution >= 4 is 11.9 Å². The summed E-state index contributed by atoms with van der Waals surface area (Å²) in [5, 5.41) is 0. The number of benzene rings is 2. The van der Waals surface area contributed by atoms with Gasteiger partial charge in [0.15, 0.2) is 5.76 Å². The Hall–Kier alpha value is -2.66. The Morgan fingerprint density at radius 1 is 1.19 bits per heavy atom. The lowest BCUT2D eigenvalue weighted by molar-refractivity contribution is 0.0678. The van der Waals surface area contributed by atoms with Gasteiger partial charge in [-0.3, -0.25) is 9.69 Å². The van der Waals surface area contributed by atoms with Crippen molar-refractivity contribution in [2.45, 2.75) is 33.4 Å². The third-order valence-corrected chi connectivity index (χ3v) is 4.86. The monoisotopic (exact) mass is 353 g/mol. The molecule has 2 aliphatic rings. The molecule has 0 unspecified atom stereocenters. The maximum Gasteiger partial charge on any atom is 0.231 e. The minimum Gasteiger partial charge on any atom is -0.477 e. The molecule has 26 heavy (non-hydrogen) atoms. The molecule has 0 radical (unpaired) electrons. The maximum absolute atomic E-state index is 13.1. The average Bonchev–Trinajstić information content (AvgIpc) is 2.93. The zero-order chi connectivity index (χ0) is 18.4. The van der Waals surface area contributed by atoms with E-state index in [0.717, 1.165) is 23.4 Å². The van der Waals surface area contributed by atoms with Crippen molar-refractivity contribution in [2.75, 3.05) is 6.73 Å². The molecule has 0 spiro atoms. The maximum atomic E-state index is 13.1. The molecule has 2 aliphatic heterocycles. The fourth-order valence-corrected chi connectivity index (χ4v) is 3.31. The third kappa shape index (κ3) is 2.78. The molecule has 0 bridgehead atoms. The Morgan fingerprint density at radius 2 is 1.92 bits per heavy atom. The number of ether oxygens (including phenoxy) is 2. The lowest BCUT2D eigenvalue weighted by Gasteiger charge is -2.32. The number of rotatable bonds is 2. The van der Waals surface area contributed by atoms with Crippen molar-refractivity contribution in [3.8, 4) is 11.5 Å². The molecule has 0 fully saturated rings. The van der Waals surface area contributed by atoms with Crippen LogP contribution in [0.15, 0.2) is 36.1 Å². The molecule has 0 N–H and O–H groups in total. The van der Waals surface area contributed by atoms with Crippen LogP contribution < -0.4 is 9.47 Å². The van der Waals surface area contributed by atoms with Gasteiger partial charge >= 0.3 is 0 Å². The number of nitrogens with zero attached hydrogens (tertiary/aromatic N) is 1. The van der Waals surface area contributed by atoms with E-state index in [1.165, 1.54) is 12.1 Å². The summed E-state index contributed by atoms with van der Waals surface area (Å²) in [6.45, 7) is 7.41. The van der Waals surface area contributed by atoms with Crippen LogP contribution in [0.2, 0.25) is 0 Å². The molecule has 2 aromatic rings. The molecular weight excluding hydrogens is 333 g/mol. The Bertz CT molecular complexity index is 916. The number of fused-ring (bicyclic) bond motifs is 2.